The second-order valence-electron chi connectivity index (χ2n) is 4.52. The third-order valence-electron chi connectivity index (χ3n) is 3.00. The quantitative estimate of drug-likeness (QED) is 0.860. The highest BCUT2D eigenvalue weighted by molar-refractivity contribution is 5.45. The van der Waals surface area contributed by atoms with E-state index in [1.165, 1.54) is 12.1 Å². The first-order chi connectivity index (χ1) is 8.97. The maximum absolute atomic E-state index is 12.9. The molecular formula is C13H16F3NO2. The summed E-state index contributed by atoms with van der Waals surface area (Å²) >= 11 is 0. The molecule has 0 radical (unpaired) electrons. The number of alkyl halides is 3. The fourth-order valence-electron chi connectivity index (χ4n) is 2.01. The van der Waals surface area contributed by atoms with Gasteiger partial charge in [0.2, 0.25) is 0 Å². The van der Waals surface area contributed by atoms with Gasteiger partial charge in [0.05, 0.1) is 12.2 Å². The number of hydrogen-bond acceptors (Lipinski definition) is 3. The molecule has 6 heteroatoms. The van der Waals surface area contributed by atoms with Crippen LogP contribution in [0.15, 0.2) is 18.2 Å². The number of nitrogens with two attached hydrogens (primary N) is 1. The molecular weight excluding hydrogens is 259 g/mol. The third-order valence-corrected chi connectivity index (χ3v) is 3.00. The molecule has 1 heterocycles. The van der Waals surface area contributed by atoms with Crippen LogP contribution in [0.2, 0.25) is 0 Å². The zero-order chi connectivity index (χ0) is 13.9. The van der Waals surface area contributed by atoms with Gasteiger partial charge in [-0.05, 0) is 37.0 Å². The predicted octanol–water partition coefficient (Wildman–Crippen LogP) is 3.33. The Morgan fingerprint density at radius 1 is 1.32 bits per heavy atom. The molecule has 2 rings (SSSR count). The van der Waals surface area contributed by atoms with Crippen molar-refractivity contribution in [1.82, 2.24) is 0 Å². The van der Waals surface area contributed by atoms with Crippen molar-refractivity contribution in [3.8, 4) is 0 Å². The number of ether oxygens (including phenoxy) is 2. The van der Waals surface area contributed by atoms with Crippen molar-refractivity contribution >= 4 is 5.69 Å². The summed E-state index contributed by atoms with van der Waals surface area (Å²) in [6, 6.07) is 3.72. The Hall–Kier alpha value is -1.27. The highest BCUT2D eigenvalue weighted by Crippen LogP contribution is 2.34. The summed E-state index contributed by atoms with van der Waals surface area (Å²) in [6.07, 6.45) is -2.18. The van der Waals surface area contributed by atoms with E-state index in [9.17, 15) is 13.2 Å². The molecule has 1 fully saturated rings. The van der Waals surface area contributed by atoms with Crippen LogP contribution in [0.1, 0.15) is 30.4 Å². The Kier molecular flexibility index (Phi) is 4.31. The molecule has 1 aliphatic heterocycles. The molecule has 2 N–H and O–H groups in total. The van der Waals surface area contributed by atoms with Crippen molar-refractivity contribution < 1.29 is 22.6 Å². The zero-order valence-electron chi connectivity index (χ0n) is 10.4. The van der Waals surface area contributed by atoms with Gasteiger partial charge < -0.3 is 15.2 Å². The van der Waals surface area contributed by atoms with Crippen LogP contribution in [0, 0.1) is 0 Å². The molecule has 0 amide bonds. The lowest BCUT2D eigenvalue weighted by atomic mass is 10.1. The maximum Gasteiger partial charge on any atom is 0.416 e. The lowest BCUT2D eigenvalue weighted by molar-refractivity contribution is -0.171. The van der Waals surface area contributed by atoms with Crippen molar-refractivity contribution in [2.24, 2.45) is 0 Å². The van der Waals surface area contributed by atoms with Crippen LogP contribution in [0.25, 0.3) is 0 Å². The van der Waals surface area contributed by atoms with E-state index in [1.807, 2.05) is 0 Å². The van der Waals surface area contributed by atoms with Gasteiger partial charge in [-0.25, -0.2) is 0 Å². The van der Waals surface area contributed by atoms with Crippen LogP contribution >= 0.6 is 0 Å². The van der Waals surface area contributed by atoms with Gasteiger partial charge >= 0.3 is 6.18 Å². The first-order valence-electron chi connectivity index (χ1n) is 6.15. The monoisotopic (exact) mass is 275 g/mol. The molecule has 0 saturated carbocycles. The van der Waals surface area contributed by atoms with E-state index in [4.69, 9.17) is 15.2 Å². The van der Waals surface area contributed by atoms with E-state index in [-0.39, 0.29) is 17.9 Å². The molecule has 0 aliphatic carbocycles. The first kappa shape index (κ1) is 14.1. The van der Waals surface area contributed by atoms with Gasteiger partial charge in [0, 0.05) is 12.3 Å². The molecule has 1 aliphatic rings. The minimum Gasteiger partial charge on any atom is -0.399 e. The van der Waals surface area contributed by atoms with Crippen molar-refractivity contribution in [3.05, 3.63) is 29.3 Å². The third kappa shape index (κ3) is 3.84. The van der Waals surface area contributed by atoms with Crippen LogP contribution < -0.4 is 5.73 Å². The fourth-order valence-corrected chi connectivity index (χ4v) is 2.01. The summed E-state index contributed by atoms with van der Waals surface area (Å²) in [5.41, 5.74) is 4.82. The Morgan fingerprint density at radius 2 is 2.11 bits per heavy atom. The van der Waals surface area contributed by atoms with E-state index in [0.29, 0.717) is 6.61 Å². The number of nitrogen functional groups attached to an aromatic ring is 1. The highest BCUT2D eigenvalue weighted by Gasteiger charge is 2.33. The average Bonchev–Trinajstić information content (AvgIpc) is 2.37. The molecule has 1 unspecified atom stereocenters. The molecule has 1 aromatic carbocycles. The molecule has 1 aromatic rings. The summed E-state index contributed by atoms with van der Waals surface area (Å²) in [7, 11) is 0. The lowest BCUT2D eigenvalue weighted by Crippen LogP contribution is -2.22. The van der Waals surface area contributed by atoms with Gasteiger partial charge in [-0.3, -0.25) is 0 Å². The molecule has 0 spiro atoms. The smallest absolute Gasteiger partial charge is 0.399 e. The topological polar surface area (TPSA) is 44.5 Å². The average molecular weight is 275 g/mol. The minimum atomic E-state index is -4.43. The zero-order valence-corrected chi connectivity index (χ0v) is 10.4. The standard InChI is InChI=1S/C13H16F3NO2/c14-13(15,16)11-7-10(17)5-4-9(11)8-19-12-3-1-2-6-18-12/h4-5,7,12H,1-3,6,8,17H2. The van der Waals surface area contributed by atoms with Gasteiger partial charge in [-0.15, -0.1) is 0 Å². The number of anilines is 1. The SMILES string of the molecule is Nc1ccc(COC2CCCCO2)c(C(F)(F)F)c1. The Labute approximate surface area is 109 Å². The van der Waals surface area contributed by atoms with Crippen LogP contribution in [-0.4, -0.2) is 12.9 Å². The summed E-state index contributed by atoms with van der Waals surface area (Å²) in [5.74, 6) is 0. The van der Waals surface area contributed by atoms with Gasteiger partial charge in [0.1, 0.15) is 0 Å². The van der Waals surface area contributed by atoms with Crippen LogP contribution in [0.3, 0.4) is 0 Å². The molecule has 1 atom stereocenters. The van der Waals surface area contributed by atoms with Crippen molar-refractivity contribution in [3.63, 3.8) is 0 Å². The second-order valence-corrected chi connectivity index (χ2v) is 4.52. The van der Waals surface area contributed by atoms with Gasteiger partial charge in [0.15, 0.2) is 6.29 Å². The van der Waals surface area contributed by atoms with Gasteiger partial charge in [0.25, 0.3) is 0 Å². The van der Waals surface area contributed by atoms with E-state index in [1.54, 1.807) is 0 Å². The predicted molar refractivity (Wildman–Crippen MR) is 64.2 cm³/mol. The normalized spacial score (nSPS) is 20.5. The van der Waals surface area contributed by atoms with Crippen LogP contribution in [0.5, 0.6) is 0 Å². The van der Waals surface area contributed by atoms with E-state index >= 15 is 0 Å². The van der Waals surface area contributed by atoms with Gasteiger partial charge in [-0.1, -0.05) is 6.07 Å². The summed E-state index contributed by atoms with van der Waals surface area (Å²) in [4.78, 5) is 0. The fraction of sp³-hybridized carbons (Fsp3) is 0.538. The first-order valence-corrected chi connectivity index (χ1v) is 6.15. The number of halogens is 3. The minimum absolute atomic E-state index is 0.0795. The van der Waals surface area contributed by atoms with Crippen molar-refractivity contribution in [2.45, 2.75) is 38.3 Å². The summed E-state index contributed by atoms with van der Waals surface area (Å²) < 4.78 is 49.3. The molecule has 0 bridgehead atoms. The molecule has 3 nitrogen and oxygen atoms in total. The summed E-state index contributed by atoms with van der Waals surface area (Å²) in [6.45, 7) is 0.471. The highest BCUT2D eigenvalue weighted by atomic mass is 19.4. The summed E-state index contributed by atoms with van der Waals surface area (Å²) in [5, 5.41) is 0. The largest absolute Gasteiger partial charge is 0.416 e. The van der Waals surface area contributed by atoms with Crippen LogP contribution in [0.4, 0.5) is 18.9 Å². The van der Waals surface area contributed by atoms with Crippen LogP contribution in [-0.2, 0) is 22.3 Å². The Bertz CT molecular complexity index is 428. The number of hydrogen-bond donors (Lipinski definition) is 1. The second kappa shape index (κ2) is 5.79. The van der Waals surface area contributed by atoms with Gasteiger partial charge in [-0.2, -0.15) is 13.2 Å². The van der Waals surface area contributed by atoms with Crippen molar-refractivity contribution in [1.29, 1.82) is 0 Å². The molecule has 106 valence electrons. The molecule has 19 heavy (non-hydrogen) atoms. The Balaban J connectivity index is 2.06. The molecule has 0 aromatic heterocycles. The van der Waals surface area contributed by atoms with Crippen molar-refractivity contribution in [2.75, 3.05) is 12.3 Å². The van der Waals surface area contributed by atoms with E-state index in [0.717, 1.165) is 25.3 Å². The lowest BCUT2D eigenvalue weighted by Gasteiger charge is -2.23. The van der Waals surface area contributed by atoms with E-state index in [2.05, 4.69) is 0 Å². The number of rotatable bonds is 3. The maximum atomic E-state index is 12.9. The molecule has 1 saturated heterocycles. The van der Waals surface area contributed by atoms with E-state index < -0.39 is 18.0 Å². The number of benzene rings is 1. The Morgan fingerprint density at radius 3 is 2.74 bits per heavy atom.